The quantitative estimate of drug-likeness (QED) is 0.323. The lowest BCUT2D eigenvalue weighted by molar-refractivity contribution is -0.147. The first-order valence-corrected chi connectivity index (χ1v) is 11.2. The lowest BCUT2D eigenvalue weighted by Crippen LogP contribution is -2.24. The number of thioether (sulfide) groups is 1. The van der Waals surface area contributed by atoms with Crippen LogP contribution in [0.25, 0.3) is 0 Å². The van der Waals surface area contributed by atoms with Gasteiger partial charge in [0, 0.05) is 10.8 Å². The first-order chi connectivity index (χ1) is 13.3. The van der Waals surface area contributed by atoms with Crippen LogP contribution in [-0.2, 0) is 14.3 Å². The minimum absolute atomic E-state index is 0.0781. The molecule has 7 heteroatoms. The second-order valence-electron chi connectivity index (χ2n) is 6.82. The maximum Gasteiger partial charge on any atom is 0.319 e. The van der Waals surface area contributed by atoms with Gasteiger partial charge in [-0.25, -0.2) is 4.39 Å². The zero-order valence-electron chi connectivity index (χ0n) is 17.3. The lowest BCUT2D eigenvalue weighted by Gasteiger charge is -2.19. The maximum absolute atomic E-state index is 14.3. The second kappa shape index (κ2) is 12.3. The average molecular weight is 432 g/mol. The summed E-state index contributed by atoms with van der Waals surface area (Å²) in [5.74, 6) is -1.29. The van der Waals surface area contributed by atoms with E-state index in [1.807, 2.05) is 34.6 Å². The van der Waals surface area contributed by atoms with Crippen LogP contribution in [0, 0.1) is 11.7 Å². The summed E-state index contributed by atoms with van der Waals surface area (Å²) in [7, 11) is 0. The normalized spacial score (nSPS) is 13.3. The van der Waals surface area contributed by atoms with Crippen LogP contribution in [0.15, 0.2) is 17.0 Å². The van der Waals surface area contributed by atoms with Crippen molar-refractivity contribution < 1.29 is 18.7 Å². The van der Waals surface area contributed by atoms with E-state index < -0.39 is 11.1 Å². The summed E-state index contributed by atoms with van der Waals surface area (Å²) in [6.45, 7) is 9.63. The van der Waals surface area contributed by atoms with Crippen molar-refractivity contribution in [2.24, 2.45) is 5.92 Å². The molecule has 0 spiro atoms. The highest BCUT2D eigenvalue weighted by atomic mass is 35.5. The summed E-state index contributed by atoms with van der Waals surface area (Å²) in [5.41, 5.74) is 0.0781. The van der Waals surface area contributed by atoms with Gasteiger partial charge in [-0.05, 0) is 44.7 Å². The van der Waals surface area contributed by atoms with Crippen LogP contribution in [0.3, 0.4) is 0 Å². The van der Waals surface area contributed by atoms with Gasteiger partial charge >= 0.3 is 5.97 Å². The molecule has 28 heavy (non-hydrogen) atoms. The average Bonchev–Trinajstić information content (AvgIpc) is 2.65. The van der Waals surface area contributed by atoms with Crippen LogP contribution in [0.5, 0.6) is 0 Å². The van der Waals surface area contributed by atoms with Gasteiger partial charge in [-0.1, -0.05) is 45.7 Å². The smallest absolute Gasteiger partial charge is 0.319 e. The van der Waals surface area contributed by atoms with E-state index in [9.17, 15) is 14.0 Å². The molecular formula is C21H31ClFNO3S. The number of hydrogen-bond acceptors (Lipinski definition) is 4. The van der Waals surface area contributed by atoms with Crippen LogP contribution in [-0.4, -0.2) is 23.2 Å². The van der Waals surface area contributed by atoms with E-state index in [1.54, 1.807) is 0 Å². The van der Waals surface area contributed by atoms with Gasteiger partial charge in [-0.15, -0.1) is 11.8 Å². The van der Waals surface area contributed by atoms with Crippen LogP contribution in [0.2, 0.25) is 5.02 Å². The van der Waals surface area contributed by atoms with Crippen molar-refractivity contribution >= 4 is 40.9 Å². The van der Waals surface area contributed by atoms with Gasteiger partial charge in [-0.2, -0.15) is 0 Å². The third-order valence-electron chi connectivity index (χ3n) is 4.61. The molecule has 0 saturated carbocycles. The van der Waals surface area contributed by atoms with E-state index in [0.717, 1.165) is 12.8 Å². The Kier molecular flexibility index (Phi) is 10.9. The number of amides is 1. The van der Waals surface area contributed by atoms with E-state index in [1.165, 1.54) is 23.9 Å². The summed E-state index contributed by atoms with van der Waals surface area (Å²) >= 11 is 7.46. The van der Waals surface area contributed by atoms with Gasteiger partial charge in [0.25, 0.3) is 0 Å². The van der Waals surface area contributed by atoms with Gasteiger partial charge in [0.2, 0.25) is 5.91 Å². The number of hydrogen-bond donors (Lipinski definition) is 1. The van der Waals surface area contributed by atoms with Gasteiger partial charge in [0.1, 0.15) is 11.1 Å². The minimum Gasteiger partial charge on any atom is -0.462 e. The Hall–Kier alpha value is -1.27. The minimum atomic E-state index is -0.595. The largest absolute Gasteiger partial charge is 0.462 e. The number of ether oxygens (including phenoxy) is 1. The molecule has 2 atom stereocenters. The summed E-state index contributed by atoms with van der Waals surface area (Å²) < 4.78 is 19.8. The first-order valence-electron chi connectivity index (χ1n) is 9.94. The molecule has 4 nitrogen and oxygen atoms in total. The van der Waals surface area contributed by atoms with E-state index in [0.29, 0.717) is 24.2 Å². The van der Waals surface area contributed by atoms with Crippen molar-refractivity contribution in [3.63, 3.8) is 0 Å². The standard InChI is InChI=1S/C21H31ClFNO3S/c1-6-10-18(21(26)27-13(5)7-2)28-19-12-17(16(23)11-15(19)22)24-20(25)14(8-3)9-4/h11-14,18H,6-10H2,1-5H3,(H,24,25). The van der Waals surface area contributed by atoms with Crippen LogP contribution >= 0.6 is 23.4 Å². The molecule has 1 rings (SSSR count). The molecule has 1 aromatic carbocycles. The summed E-state index contributed by atoms with van der Waals surface area (Å²) in [5, 5.41) is 2.42. The molecule has 0 aliphatic carbocycles. The molecule has 1 N–H and O–H groups in total. The number of esters is 1. The predicted molar refractivity (Wildman–Crippen MR) is 115 cm³/mol. The summed E-state index contributed by atoms with van der Waals surface area (Å²) in [6, 6.07) is 2.68. The van der Waals surface area contributed by atoms with Gasteiger partial charge in [-0.3, -0.25) is 9.59 Å². The second-order valence-corrected chi connectivity index (χ2v) is 8.47. The van der Waals surface area contributed by atoms with Crippen LogP contribution < -0.4 is 5.32 Å². The Morgan fingerprint density at radius 2 is 1.82 bits per heavy atom. The van der Waals surface area contributed by atoms with Crippen LogP contribution in [0.1, 0.15) is 66.7 Å². The lowest BCUT2D eigenvalue weighted by atomic mass is 10.0. The van der Waals surface area contributed by atoms with Crippen molar-refractivity contribution in [3.8, 4) is 0 Å². The number of benzene rings is 1. The molecular weight excluding hydrogens is 401 g/mol. The third-order valence-corrected chi connectivity index (χ3v) is 6.34. The van der Waals surface area contributed by atoms with Crippen molar-refractivity contribution in [3.05, 3.63) is 23.0 Å². The van der Waals surface area contributed by atoms with E-state index in [2.05, 4.69) is 5.32 Å². The van der Waals surface area contributed by atoms with Gasteiger partial charge in [0.05, 0.1) is 16.8 Å². The van der Waals surface area contributed by atoms with E-state index in [-0.39, 0.29) is 34.6 Å². The molecule has 2 unspecified atom stereocenters. The molecule has 0 saturated heterocycles. The molecule has 1 aromatic rings. The molecule has 0 heterocycles. The molecule has 0 bridgehead atoms. The van der Waals surface area contributed by atoms with Crippen molar-refractivity contribution in [2.45, 2.75) is 83.0 Å². The molecule has 158 valence electrons. The van der Waals surface area contributed by atoms with Crippen molar-refractivity contribution in [1.29, 1.82) is 0 Å². The number of carbonyl (C=O) groups is 2. The zero-order valence-corrected chi connectivity index (χ0v) is 18.9. The Morgan fingerprint density at radius 1 is 1.18 bits per heavy atom. The third kappa shape index (κ3) is 7.28. The van der Waals surface area contributed by atoms with Crippen molar-refractivity contribution in [1.82, 2.24) is 0 Å². The number of nitrogens with one attached hydrogen (secondary N) is 1. The Labute approximate surface area is 176 Å². The number of anilines is 1. The number of carbonyl (C=O) groups excluding carboxylic acids is 2. The molecule has 1 amide bonds. The van der Waals surface area contributed by atoms with Crippen LogP contribution in [0.4, 0.5) is 10.1 Å². The Morgan fingerprint density at radius 3 is 2.36 bits per heavy atom. The Bertz CT molecular complexity index is 667. The Balaban J connectivity index is 3.05. The highest BCUT2D eigenvalue weighted by Gasteiger charge is 2.24. The predicted octanol–water partition coefficient (Wildman–Crippen LogP) is 6.46. The highest BCUT2D eigenvalue weighted by Crippen LogP contribution is 2.36. The first kappa shape index (κ1) is 24.8. The molecule has 0 aliphatic heterocycles. The fourth-order valence-electron chi connectivity index (χ4n) is 2.61. The molecule has 0 fully saturated rings. The molecule has 0 radical (unpaired) electrons. The van der Waals surface area contributed by atoms with E-state index in [4.69, 9.17) is 16.3 Å². The van der Waals surface area contributed by atoms with Crippen molar-refractivity contribution in [2.75, 3.05) is 5.32 Å². The van der Waals surface area contributed by atoms with E-state index >= 15 is 0 Å². The van der Waals surface area contributed by atoms with Gasteiger partial charge in [0.15, 0.2) is 0 Å². The molecule has 0 aromatic heterocycles. The summed E-state index contributed by atoms with van der Waals surface area (Å²) in [4.78, 5) is 25.3. The fourth-order valence-corrected chi connectivity index (χ4v) is 4.06. The SMILES string of the molecule is CCCC(Sc1cc(NC(=O)C(CC)CC)c(F)cc1Cl)C(=O)OC(C)CC. The van der Waals surface area contributed by atoms with Gasteiger partial charge < -0.3 is 10.1 Å². The zero-order chi connectivity index (χ0) is 21.3. The highest BCUT2D eigenvalue weighted by molar-refractivity contribution is 8.00. The number of halogens is 2. The fraction of sp³-hybridized carbons (Fsp3) is 0.619. The monoisotopic (exact) mass is 431 g/mol. The molecule has 0 aliphatic rings. The topological polar surface area (TPSA) is 55.4 Å². The summed E-state index contributed by atoms with van der Waals surface area (Å²) in [6.07, 6.45) is 3.34. The maximum atomic E-state index is 14.3. The number of rotatable bonds is 11.